The van der Waals surface area contributed by atoms with E-state index in [0.29, 0.717) is 5.56 Å². The molecule has 0 saturated carbocycles. The summed E-state index contributed by atoms with van der Waals surface area (Å²) in [6.45, 7) is 3.94. The van der Waals surface area contributed by atoms with Crippen LogP contribution >= 0.6 is 0 Å². The fraction of sp³-hybridized carbons (Fsp3) is 0.267. The number of esters is 1. The molecule has 0 spiro atoms. The molecule has 0 aliphatic rings. The summed E-state index contributed by atoms with van der Waals surface area (Å²) >= 11 is 0. The monoisotopic (exact) mass is 243 g/mol. The molecule has 1 N–H and O–H groups in total. The molecule has 3 heteroatoms. The Labute approximate surface area is 107 Å². The van der Waals surface area contributed by atoms with Gasteiger partial charge in [-0.3, -0.25) is 0 Å². The second-order valence-electron chi connectivity index (χ2n) is 4.47. The molecule has 1 aromatic carbocycles. The summed E-state index contributed by atoms with van der Waals surface area (Å²) in [7, 11) is 1.41. The average molecular weight is 243 g/mol. The summed E-state index contributed by atoms with van der Waals surface area (Å²) in [6, 6.07) is 8.29. The van der Waals surface area contributed by atoms with Gasteiger partial charge in [0.2, 0.25) is 0 Å². The molecule has 0 aliphatic carbocycles. The summed E-state index contributed by atoms with van der Waals surface area (Å²) in [4.78, 5) is 14.8. The Bertz CT molecular complexity index is 570. The molecule has 0 unspecified atom stereocenters. The van der Waals surface area contributed by atoms with Crippen molar-refractivity contribution in [3.05, 3.63) is 58.4 Å². The highest BCUT2D eigenvalue weighted by molar-refractivity contribution is 5.92. The summed E-state index contributed by atoms with van der Waals surface area (Å²) < 4.78 is 4.82. The first-order valence-corrected chi connectivity index (χ1v) is 5.92. The summed E-state index contributed by atoms with van der Waals surface area (Å²) in [5.41, 5.74) is 4.90. The molecule has 0 amide bonds. The van der Waals surface area contributed by atoms with E-state index in [-0.39, 0.29) is 5.97 Å². The van der Waals surface area contributed by atoms with E-state index in [0.717, 1.165) is 17.7 Å². The molecule has 94 valence electrons. The minimum absolute atomic E-state index is 0.281. The molecule has 1 heterocycles. The maximum absolute atomic E-state index is 11.7. The number of nitrogens with one attached hydrogen (secondary N) is 1. The number of H-pyrrole nitrogens is 1. The first-order chi connectivity index (χ1) is 8.61. The third-order valence-electron chi connectivity index (χ3n) is 3.03. The van der Waals surface area contributed by atoms with Gasteiger partial charge in [0, 0.05) is 11.9 Å². The van der Waals surface area contributed by atoms with Crippen LogP contribution in [0.1, 0.15) is 32.7 Å². The minimum atomic E-state index is -0.281. The average Bonchev–Trinajstić information content (AvgIpc) is 2.70. The maximum Gasteiger partial charge on any atom is 0.339 e. The van der Waals surface area contributed by atoms with Gasteiger partial charge < -0.3 is 9.72 Å². The number of methoxy groups -OCH3 is 1. The highest BCUT2D eigenvalue weighted by atomic mass is 16.5. The standard InChI is InChI=1S/C15H17NO2/c1-10-5-4-6-12(7-10)8-13-9-16-11(2)14(13)15(17)18-3/h4-7,9,16H,8H2,1-3H3. The van der Waals surface area contributed by atoms with Crippen molar-refractivity contribution in [1.82, 2.24) is 4.98 Å². The van der Waals surface area contributed by atoms with Crippen molar-refractivity contribution in [2.24, 2.45) is 0 Å². The van der Waals surface area contributed by atoms with Gasteiger partial charge in [0.1, 0.15) is 0 Å². The Morgan fingerprint density at radius 3 is 2.78 bits per heavy atom. The van der Waals surface area contributed by atoms with Crippen molar-refractivity contribution >= 4 is 5.97 Å². The highest BCUT2D eigenvalue weighted by Crippen LogP contribution is 2.19. The van der Waals surface area contributed by atoms with Crippen molar-refractivity contribution in [2.75, 3.05) is 7.11 Å². The van der Waals surface area contributed by atoms with Gasteiger partial charge in [0.25, 0.3) is 0 Å². The molecule has 1 aromatic heterocycles. The zero-order valence-electron chi connectivity index (χ0n) is 10.9. The van der Waals surface area contributed by atoms with Gasteiger partial charge >= 0.3 is 5.97 Å². The number of benzene rings is 1. The molecule has 3 nitrogen and oxygen atoms in total. The lowest BCUT2D eigenvalue weighted by atomic mass is 10.0. The molecule has 0 saturated heterocycles. The number of hydrogen-bond donors (Lipinski definition) is 1. The second kappa shape index (κ2) is 5.08. The number of aryl methyl sites for hydroxylation is 2. The van der Waals surface area contributed by atoms with E-state index in [9.17, 15) is 4.79 Å². The SMILES string of the molecule is COC(=O)c1c(Cc2cccc(C)c2)c[nH]c1C. The van der Waals surface area contributed by atoms with Crippen LogP contribution in [0.25, 0.3) is 0 Å². The van der Waals surface area contributed by atoms with Gasteiger partial charge in [-0.15, -0.1) is 0 Å². The molecule has 0 radical (unpaired) electrons. The van der Waals surface area contributed by atoms with Crippen molar-refractivity contribution in [3.63, 3.8) is 0 Å². The number of aromatic nitrogens is 1. The number of aromatic amines is 1. The van der Waals surface area contributed by atoms with Crippen molar-refractivity contribution in [3.8, 4) is 0 Å². The van der Waals surface area contributed by atoms with Crippen LogP contribution in [-0.4, -0.2) is 18.1 Å². The molecular weight excluding hydrogens is 226 g/mol. The van der Waals surface area contributed by atoms with E-state index < -0.39 is 0 Å². The van der Waals surface area contributed by atoms with Gasteiger partial charge in [-0.05, 0) is 31.4 Å². The van der Waals surface area contributed by atoms with Crippen LogP contribution in [0.3, 0.4) is 0 Å². The molecular formula is C15H17NO2. The Balaban J connectivity index is 2.32. The number of hydrogen-bond acceptors (Lipinski definition) is 2. The van der Waals surface area contributed by atoms with Crippen LogP contribution < -0.4 is 0 Å². The summed E-state index contributed by atoms with van der Waals surface area (Å²) in [6.07, 6.45) is 2.61. The fourth-order valence-electron chi connectivity index (χ4n) is 2.15. The Morgan fingerprint density at radius 2 is 2.11 bits per heavy atom. The molecule has 0 atom stereocenters. The summed E-state index contributed by atoms with van der Waals surface area (Å²) in [5.74, 6) is -0.281. The lowest BCUT2D eigenvalue weighted by Crippen LogP contribution is -2.05. The molecule has 2 aromatic rings. The van der Waals surface area contributed by atoms with Crippen molar-refractivity contribution in [2.45, 2.75) is 20.3 Å². The number of carbonyl (C=O) groups excluding carboxylic acids is 1. The molecule has 2 rings (SSSR count). The second-order valence-corrected chi connectivity index (χ2v) is 4.47. The molecule has 18 heavy (non-hydrogen) atoms. The molecule has 0 aliphatic heterocycles. The Morgan fingerprint density at radius 1 is 1.33 bits per heavy atom. The van der Waals surface area contributed by atoms with Crippen LogP contribution in [0.2, 0.25) is 0 Å². The maximum atomic E-state index is 11.7. The topological polar surface area (TPSA) is 42.1 Å². The highest BCUT2D eigenvalue weighted by Gasteiger charge is 2.16. The largest absolute Gasteiger partial charge is 0.465 e. The van der Waals surface area contributed by atoms with E-state index >= 15 is 0 Å². The van der Waals surface area contributed by atoms with E-state index in [4.69, 9.17) is 4.74 Å². The van der Waals surface area contributed by atoms with Crippen LogP contribution in [0.5, 0.6) is 0 Å². The predicted octanol–water partition coefficient (Wildman–Crippen LogP) is 3.01. The summed E-state index contributed by atoms with van der Waals surface area (Å²) in [5, 5.41) is 0. The van der Waals surface area contributed by atoms with E-state index in [1.807, 2.05) is 19.2 Å². The molecule has 0 fully saturated rings. The lowest BCUT2D eigenvalue weighted by molar-refractivity contribution is 0.0599. The van der Waals surface area contributed by atoms with Crippen LogP contribution in [0.4, 0.5) is 0 Å². The van der Waals surface area contributed by atoms with Gasteiger partial charge in [0.05, 0.1) is 12.7 Å². The third kappa shape index (κ3) is 2.45. The lowest BCUT2D eigenvalue weighted by Gasteiger charge is -2.05. The van der Waals surface area contributed by atoms with Crippen LogP contribution in [-0.2, 0) is 11.2 Å². The van der Waals surface area contributed by atoms with Crippen LogP contribution in [0, 0.1) is 13.8 Å². The molecule has 0 bridgehead atoms. The van der Waals surface area contributed by atoms with E-state index in [1.165, 1.54) is 18.2 Å². The minimum Gasteiger partial charge on any atom is -0.465 e. The number of ether oxygens (including phenoxy) is 1. The number of rotatable bonds is 3. The first kappa shape index (κ1) is 12.4. The van der Waals surface area contributed by atoms with Gasteiger partial charge in [-0.2, -0.15) is 0 Å². The van der Waals surface area contributed by atoms with Crippen LogP contribution in [0.15, 0.2) is 30.5 Å². The van der Waals surface area contributed by atoms with Crippen molar-refractivity contribution in [1.29, 1.82) is 0 Å². The smallest absolute Gasteiger partial charge is 0.339 e. The number of carbonyl (C=O) groups is 1. The van der Waals surface area contributed by atoms with Gasteiger partial charge in [-0.25, -0.2) is 4.79 Å². The van der Waals surface area contributed by atoms with E-state index in [1.54, 1.807) is 0 Å². The quantitative estimate of drug-likeness (QED) is 0.842. The van der Waals surface area contributed by atoms with Gasteiger partial charge in [-0.1, -0.05) is 29.8 Å². The van der Waals surface area contributed by atoms with Crippen molar-refractivity contribution < 1.29 is 9.53 Å². The normalized spacial score (nSPS) is 10.4. The Kier molecular flexibility index (Phi) is 3.51. The first-order valence-electron chi connectivity index (χ1n) is 5.92. The predicted molar refractivity (Wildman–Crippen MR) is 70.9 cm³/mol. The zero-order chi connectivity index (χ0) is 13.1. The fourth-order valence-corrected chi connectivity index (χ4v) is 2.15. The van der Waals surface area contributed by atoms with Gasteiger partial charge in [0.15, 0.2) is 0 Å². The Hall–Kier alpha value is -2.03. The third-order valence-corrected chi connectivity index (χ3v) is 3.03. The zero-order valence-corrected chi connectivity index (χ0v) is 10.9. The van der Waals surface area contributed by atoms with E-state index in [2.05, 4.69) is 30.1 Å².